The minimum Gasteiger partial charge on any atom is -0.343 e. The molecule has 3 rings (SSSR count). The zero-order valence-corrected chi connectivity index (χ0v) is 19.2. The lowest BCUT2D eigenvalue weighted by atomic mass is 10.0. The first-order valence-electron chi connectivity index (χ1n) is 11.1. The summed E-state index contributed by atoms with van der Waals surface area (Å²) in [6.07, 6.45) is 2.36. The molecule has 0 aliphatic carbocycles. The van der Waals surface area contributed by atoms with E-state index in [0.29, 0.717) is 17.8 Å². The Labute approximate surface area is 184 Å². The number of rotatable bonds is 7. The molecule has 0 saturated heterocycles. The van der Waals surface area contributed by atoms with Crippen LogP contribution in [0.15, 0.2) is 53.3 Å². The summed E-state index contributed by atoms with van der Waals surface area (Å²) in [6.45, 7) is 10.5. The van der Waals surface area contributed by atoms with Crippen LogP contribution >= 0.6 is 0 Å². The van der Waals surface area contributed by atoms with Crippen LogP contribution < -0.4 is 10.7 Å². The molecule has 0 unspecified atom stereocenters. The van der Waals surface area contributed by atoms with Gasteiger partial charge >= 0.3 is 0 Å². The molecule has 1 aromatic heterocycles. The largest absolute Gasteiger partial charge is 0.343 e. The van der Waals surface area contributed by atoms with Gasteiger partial charge in [-0.15, -0.1) is 0 Å². The van der Waals surface area contributed by atoms with Crippen molar-refractivity contribution in [2.75, 3.05) is 5.32 Å². The van der Waals surface area contributed by atoms with Gasteiger partial charge in [-0.05, 0) is 49.8 Å². The molecule has 3 aromatic rings. The van der Waals surface area contributed by atoms with E-state index < -0.39 is 0 Å². The number of carbonyl (C=O) groups is 1. The fourth-order valence-corrected chi connectivity index (χ4v) is 4.31. The lowest BCUT2D eigenvalue weighted by Crippen LogP contribution is -2.30. The van der Waals surface area contributed by atoms with Crippen molar-refractivity contribution in [2.45, 2.75) is 60.4 Å². The summed E-state index contributed by atoms with van der Waals surface area (Å²) in [5.74, 6) is -0.328. The Morgan fingerprint density at radius 1 is 0.871 bits per heavy atom. The summed E-state index contributed by atoms with van der Waals surface area (Å²) in [5, 5.41) is 3.08. The smallest absolute Gasteiger partial charge is 0.261 e. The molecule has 162 valence electrons. The van der Waals surface area contributed by atoms with Crippen LogP contribution in [-0.2, 0) is 25.8 Å². The van der Waals surface area contributed by atoms with Crippen LogP contribution in [0.4, 0.5) is 5.69 Å². The highest BCUT2D eigenvalue weighted by Gasteiger charge is 2.22. The van der Waals surface area contributed by atoms with Crippen LogP contribution in [0, 0.1) is 13.8 Å². The summed E-state index contributed by atoms with van der Waals surface area (Å²) >= 11 is 0. The normalized spacial score (nSPS) is 10.9. The molecule has 1 heterocycles. The van der Waals surface area contributed by atoms with E-state index in [9.17, 15) is 9.59 Å². The third-order valence-corrected chi connectivity index (χ3v) is 6.08. The third kappa shape index (κ3) is 4.48. The molecule has 4 heteroatoms. The van der Waals surface area contributed by atoms with Crippen molar-refractivity contribution in [1.82, 2.24) is 4.57 Å². The minimum absolute atomic E-state index is 0.178. The summed E-state index contributed by atoms with van der Waals surface area (Å²) in [5.41, 5.74) is 6.53. The number of benzene rings is 2. The number of carbonyl (C=O) groups excluding carboxylic acids is 1. The molecule has 0 bridgehead atoms. The van der Waals surface area contributed by atoms with E-state index in [0.717, 1.165) is 47.3 Å². The number of para-hydroxylation sites is 1. The van der Waals surface area contributed by atoms with Gasteiger partial charge in [0.05, 0.1) is 0 Å². The Morgan fingerprint density at radius 3 is 2.03 bits per heavy atom. The zero-order chi connectivity index (χ0) is 22.5. The molecule has 0 spiro atoms. The van der Waals surface area contributed by atoms with Gasteiger partial charge in [-0.1, -0.05) is 69.3 Å². The quantitative estimate of drug-likeness (QED) is 0.556. The zero-order valence-electron chi connectivity index (χ0n) is 19.2. The van der Waals surface area contributed by atoms with Gasteiger partial charge in [0.2, 0.25) is 0 Å². The van der Waals surface area contributed by atoms with Crippen LogP contribution in [0.2, 0.25) is 0 Å². The molecule has 0 aliphatic heterocycles. The second-order valence-electron chi connectivity index (χ2n) is 7.90. The molecule has 2 aromatic carbocycles. The maximum absolute atomic E-state index is 13.4. The standard InChI is InChI=1S/C27H32N2O2/c1-6-21-15-12-16-22(7-2)25(21)28-27(31)24-19(5)29(17-20-13-10-9-11-14-20)23(8-3)18(4)26(24)30/h9-16H,6-8,17H2,1-5H3,(H,28,31). The van der Waals surface area contributed by atoms with Crippen molar-refractivity contribution >= 4 is 11.6 Å². The van der Waals surface area contributed by atoms with Crippen LogP contribution in [-0.4, -0.2) is 10.5 Å². The number of amides is 1. The van der Waals surface area contributed by atoms with Gasteiger partial charge in [-0.2, -0.15) is 0 Å². The highest BCUT2D eigenvalue weighted by molar-refractivity contribution is 6.06. The van der Waals surface area contributed by atoms with Crippen molar-refractivity contribution in [3.63, 3.8) is 0 Å². The third-order valence-electron chi connectivity index (χ3n) is 6.08. The molecular formula is C27H32N2O2. The van der Waals surface area contributed by atoms with E-state index in [1.54, 1.807) is 0 Å². The van der Waals surface area contributed by atoms with Gasteiger partial charge in [-0.25, -0.2) is 0 Å². The number of nitrogens with one attached hydrogen (secondary N) is 1. The molecule has 31 heavy (non-hydrogen) atoms. The van der Waals surface area contributed by atoms with Crippen LogP contribution in [0.25, 0.3) is 0 Å². The van der Waals surface area contributed by atoms with Crippen LogP contribution in [0.5, 0.6) is 0 Å². The molecule has 1 N–H and O–H groups in total. The molecule has 1 amide bonds. The number of hydrogen-bond donors (Lipinski definition) is 1. The van der Waals surface area contributed by atoms with E-state index in [1.807, 2.05) is 57.2 Å². The van der Waals surface area contributed by atoms with Crippen LogP contribution in [0.1, 0.15) is 64.8 Å². The van der Waals surface area contributed by atoms with E-state index in [4.69, 9.17) is 0 Å². The molecule has 0 fully saturated rings. The second-order valence-corrected chi connectivity index (χ2v) is 7.90. The van der Waals surface area contributed by atoms with Crippen molar-refractivity contribution < 1.29 is 4.79 Å². The van der Waals surface area contributed by atoms with Gasteiger partial charge in [-0.3, -0.25) is 9.59 Å². The Bertz CT molecular complexity index is 1120. The molecule has 4 nitrogen and oxygen atoms in total. The van der Waals surface area contributed by atoms with Crippen molar-refractivity contribution in [3.8, 4) is 0 Å². The maximum Gasteiger partial charge on any atom is 0.261 e. The van der Waals surface area contributed by atoms with Gasteiger partial charge in [0.15, 0.2) is 5.43 Å². The van der Waals surface area contributed by atoms with E-state index >= 15 is 0 Å². The summed E-state index contributed by atoms with van der Waals surface area (Å²) in [6, 6.07) is 16.2. The topological polar surface area (TPSA) is 51.1 Å². The number of nitrogens with zero attached hydrogens (tertiary/aromatic N) is 1. The van der Waals surface area contributed by atoms with Crippen LogP contribution in [0.3, 0.4) is 0 Å². The summed E-state index contributed by atoms with van der Waals surface area (Å²) < 4.78 is 2.12. The Hall–Kier alpha value is -3.14. The van der Waals surface area contributed by atoms with Crippen molar-refractivity contribution in [1.29, 1.82) is 0 Å². The fraction of sp³-hybridized carbons (Fsp3) is 0.333. The molecule has 0 atom stereocenters. The van der Waals surface area contributed by atoms with Gasteiger partial charge < -0.3 is 9.88 Å². The average molecular weight is 417 g/mol. The number of anilines is 1. The summed E-state index contributed by atoms with van der Waals surface area (Å²) in [4.78, 5) is 26.7. The molecule has 0 aliphatic rings. The Balaban J connectivity index is 2.12. The highest BCUT2D eigenvalue weighted by Crippen LogP contribution is 2.24. The first-order chi connectivity index (χ1) is 14.9. The Kier molecular flexibility index (Phi) is 7.11. The SMILES string of the molecule is CCc1cccc(CC)c1NC(=O)c1c(C)n(Cc2ccccc2)c(CC)c(C)c1=O. The van der Waals surface area contributed by atoms with Crippen molar-refractivity contribution in [2.24, 2.45) is 0 Å². The van der Waals surface area contributed by atoms with E-state index in [2.05, 4.69) is 35.9 Å². The predicted octanol–water partition coefficient (Wildman–Crippen LogP) is 5.45. The lowest BCUT2D eigenvalue weighted by molar-refractivity contribution is 0.102. The maximum atomic E-state index is 13.4. The first-order valence-corrected chi connectivity index (χ1v) is 11.1. The molecule has 0 saturated carbocycles. The molecule has 0 radical (unpaired) electrons. The highest BCUT2D eigenvalue weighted by atomic mass is 16.2. The number of aryl methyl sites for hydroxylation is 2. The predicted molar refractivity (Wildman–Crippen MR) is 128 cm³/mol. The minimum atomic E-state index is -0.328. The Morgan fingerprint density at radius 2 is 1.48 bits per heavy atom. The number of pyridine rings is 1. The molecular weight excluding hydrogens is 384 g/mol. The van der Waals surface area contributed by atoms with E-state index in [-0.39, 0.29) is 16.9 Å². The van der Waals surface area contributed by atoms with E-state index in [1.165, 1.54) is 0 Å². The first kappa shape index (κ1) is 22.5. The van der Waals surface area contributed by atoms with Crippen molar-refractivity contribution in [3.05, 3.63) is 98.0 Å². The van der Waals surface area contributed by atoms with Gasteiger partial charge in [0.25, 0.3) is 5.91 Å². The second kappa shape index (κ2) is 9.78. The number of hydrogen-bond acceptors (Lipinski definition) is 2. The fourth-order valence-electron chi connectivity index (χ4n) is 4.31. The average Bonchev–Trinajstić information content (AvgIpc) is 2.78. The summed E-state index contributed by atoms with van der Waals surface area (Å²) in [7, 11) is 0. The lowest BCUT2D eigenvalue weighted by Gasteiger charge is -2.22. The van der Waals surface area contributed by atoms with Gasteiger partial charge in [0, 0.05) is 29.2 Å². The number of aromatic nitrogens is 1. The monoisotopic (exact) mass is 416 g/mol. The van der Waals surface area contributed by atoms with Gasteiger partial charge in [0.1, 0.15) is 5.56 Å².